The van der Waals surface area contributed by atoms with E-state index in [1.165, 1.54) is 65.1 Å². The second-order valence-electron chi connectivity index (χ2n) is 12.9. The van der Waals surface area contributed by atoms with Crippen molar-refractivity contribution in [2.24, 2.45) is 0 Å². The van der Waals surface area contributed by atoms with Crippen molar-refractivity contribution in [1.82, 2.24) is 0 Å². The number of para-hydroxylation sites is 2. The molecule has 1 aliphatic carbocycles. The lowest BCUT2D eigenvalue weighted by molar-refractivity contribution is 0.731. The monoisotopic (exact) mass is 641 g/mol. The summed E-state index contributed by atoms with van der Waals surface area (Å²) in [7, 11) is 0. The number of nitrogens with zero attached hydrogens (tertiary/aromatic N) is 1. The zero-order valence-electron chi connectivity index (χ0n) is 26.8. The highest BCUT2D eigenvalue weighted by Gasteiger charge is 2.50. The van der Waals surface area contributed by atoms with Crippen LogP contribution in [0, 0.1) is 0 Å². The van der Waals surface area contributed by atoms with Gasteiger partial charge in [0.15, 0.2) is 0 Å². The predicted molar refractivity (Wildman–Crippen MR) is 205 cm³/mol. The first kappa shape index (κ1) is 28.2. The van der Waals surface area contributed by atoms with Crippen LogP contribution in [0.15, 0.2) is 198 Å². The zero-order valence-corrected chi connectivity index (χ0v) is 27.6. The molecule has 49 heavy (non-hydrogen) atoms. The van der Waals surface area contributed by atoms with E-state index >= 15 is 0 Å². The molecule has 1 aliphatic heterocycles. The fourth-order valence-corrected chi connectivity index (χ4v) is 9.49. The Balaban J connectivity index is 1.16. The molecule has 8 aromatic rings. The van der Waals surface area contributed by atoms with E-state index in [-0.39, 0.29) is 0 Å². The molecule has 0 saturated carbocycles. The highest BCUT2D eigenvalue weighted by molar-refractivity contribution is 7.99. The van der Waals surface area contributed by atoms with Crippen LogP contribution in [0.4, 0.5) is 17.1 Å². The van der Waals surface area contributed by atoms with Gasteiger partial charge in [0, 0.05) is 26.9 Å². The summed E-state index contributed by atoms with van der Waals surface area (Å²) in [4.78, 5) is 4.97. The van der Waals surface area contributed by atoms with Gasteiger partial charge in [-0.15, -0.1) is 0 Å². The maximum absolute atomic E-state index is 2.43. The Hall–Kier alpha value is -5.83. The van der Waals surface area contributed by atoms with Crippen molar-refractivity contribution < 1.29 is 0 Å². The van der Waals surface area contributed by atoms with Gasteiger partial charge in [-0.3, -0.25) is 0 Å². The predicted octanol–water partition coefficient (Wildman–Crippen LogP) is 12.8. The summed E-state index contributed by atoms with van der Waals surface area (Å²) in [6, 6.07) is 69.0. The molecule has 1 spiro atoms. The highest BCUT2D eigenvalue weighted by Crippen LogP contribution is 2.63. The van der Waals surface area contributed by atoms with Crippen LogP contribution in [0.25, 0.3) is 33.0 Å². The molecule has 0 saturated heterocycles. The van der Waals surface area contributed by atoms with Crippen LogP contribution in [-0.4, -0.2) is 0 Å². The Morgan fingerprint density at radius 3 is 1.76 bits per heavy atom. The maximum Gasteiger partial charge on any atom is 0.0741 e. The van der Waals surface area contributed by atoms with E-state index < -0.39 is 5.41 Å². The van der Waals surface area contributed by atoms with Gasteiger partial charge in [0.1, 0.15) is 0 Å². The molecule has 1 atom stereocenters. The summed E-state index contributed by atoms with van der Waals surface area (Å²) in [6.45, 7) is 0. The largest absolute Gasteiger partial charge is 0.311 e. The van der Waals surface area contributed by atoms with Crippen molar-refractivity contribution in [3.63, 3.8) is 0 Å². The Morgan fingerprint density at radius 1 is 0.388 bits per heavy atom. The molecule has 0 fully saturated rings. The second kappa shape index (κ2) is 11.1. The van der Waals surface area contributed by atoms with Gasteiger partial charge >= 0.3 is 0 Å². The minimum Gasteiger partial charge on any atom is -0.311 e. The van der Waals surface area contributed by atoms with E-state index in [0.717, 1.165) is 17.1 Å². The Kier molecular flexibility index (Phi) is 6.40. The number of anilines is 3. The molecule has 10 rings (SSSR count). The van der Waals surface area contributed by atoms with Crippen molar-refractivity contribution >= 4 is 39.6 Å². The lowest BCUT2D eigenvalue weighted by Crippen LogP contribution is -2.32. The van der Waals surface area contributed by atoms with Crippen molar-refractivity contribution in [3.05, 3.63) is 210 Å². The molecule has 0 radical (unpaired) electrons. The molecule has 1 nitrogen and oxygen atoms in total. The summed E-state index contributed by atoms with van der Waals surface area (Å²) in [6.07, 6.45) is 0. The number of benzene rings is 8. The Morgan fingerprint density at radius 2 is 0.980 bits per heavy atom. The fraction of sp³-hybridized carbons (Fsp3) is 0.0213. The van der Waals surface area contributed by atoms with Crippen molar-refractivity contribution in [3.8, 4) is 22.3 Å². The van der Waals surface area contributed by atoms with Gasteiger partial charge in [-0.25, -0.2) is 0 Å². The van der Waals surface area contributed by atoms with E-state index in [4.69, 9.17) is 0 Å². The molecular formula is C47H31NS. The van der Waals surface area contributed by atoms with Crippen LogP contribution in [-0.2, 0) is 5.41 Å². The molecule has 230 valence electrons. The lowest BCUT2D eigenvalue weighted by Gasteiger charge is -2.40. The highest BCUT2D eigenvalue weighted by atomic mass is 32.2. The van der Waals surface area contributed by atoms with Crippen molar-refractivity contribution in [1.29, 1.82) is 0 Å². The van der Waals surface area contributed by atoms with Crippen LogP contribution in [0.3, 0.4) is 0 Å². The normalized spacial score (nSPS) is 15.3. The topological polar surface area (TPSA) is 3.24 Å². The minimum atomic E-state index is -0.405. The molecular weight excluding hydrogens is 611 g/mol. The maximum atomic E-state index is 2.43. The quantitative estimate of drug-likeness (QED) is 0.188. The fourth-order valence-electron chi connectivity index (χ4n) is 8.27. The van der Waals surface area contributed by atoms with Crippen LogP contribution in [0.5, 0.6) is 0 Å². The first-order chi connectivity index (χ1) is 24.3. The van der Waals surface area contributed by atoms with Crippen LogP contribution < -0.4 is 4.90 Å². The summed E-state index contributed by atoms with van der Waals surface area (Å²) < 4.78 is 0. The summed E-state index contributed by atoms with van der Waals surface area (Å²) in [5, 5.41) is 2.61. The minimum absolute atomic E-state index is 0.405. The molecule has 2 aliphatic rings. The van der Waals surface area contributed by atoms with Gasteiger partial charge in [-0.1, -0.05) is 145 Å². The van der Waals surface area contributed by atoms with Gasteiger partial charge < -0.3 is 4.90 Å². The van der Waals surface area contributed by atoms with Crippen molar-refractivity contribution in [2.45, 2.75) is 15.2 Å². The van der Waals surface area contributed by atoms with E-state index in [2.05, 4.69) is 193 Å². The average molecular weight is 642 g/mol. The molecule has 8 aromatic carbocycles. The summed E-state index contributed by atoms with van der Waals surface area (Å²) >= 11 is 1.90. The molecule has 0 N–H and O–H groups in total. The van der Waals surface area contributed by atoms with Crippen LogP contribution in [0.2, 0.25) is 0 Å². The number of hydrogen-bond donors (Lipinski definition) is 0. The first-order valence-electron chi connectivity index (χ1n) is 16.9. The Bertz CT molecular complexity index is 2480. The molecule has 0 amide bonds. The SMILES string of the molecule is c1ccc(N(c2ccccc2)c2ccc(-c3ccc4c(c3)-c3ccccc3C43c4ccccc4Sc4ccc5ccccc5c43)cc2)cc1. The van der Waals surface area contributed by atoms with Gasteiger partial charge in [-0.2, -0.15) is 0 Å². The molecule has 1 unspecified atom stereocenters. The Labute approximate surface area is 291 Å². The average Bonchev–Trinajstić information content (AvgIpc) is 3.46. The molecule has 0 bridgehead atoms. The third-order valence-electron chi connectivity index (χ3n) is 10.3. The van der Waals surface area contributed by atoms with Crippen LogP contribution >= 0.6 is 11.8 Å². The van der Waals surface area contributed by atoms with E-state index in [0.29, 0.717) is 0 Å². The van der Waals surface area contributed by atoms with Crippen LogP contribution in [0.1, 0.15) is 22.3 Å². The van der Waals surface area contributed by atoms with E-state index in [9.17, 15) is 0 Å². The van der Waals surface area contributed by atoms with E-state index in [1.54, 1.807) is 0 Å². The third-order valence-corrected chi connectivity index (χ3v) is 11.4. The summed E-state index contributed by atoms with van der Waals surface area (Å²) in [5.41, 5.74) is 13.6. The molecule has 1 heterocycles. The molecule has 0 aromatic heterocycles. The zero-order chi connectivity index (χ0) is 32.4. The number of hydrogen-bond acceptors (Lipinski definition) is 2. The number of rotatable bonds is 4. The van der Waals surface area contributed by atoms with Gasteiger partial charge in [-0.05, 0) is 110 Å². The smallest absolute Gasteiger partial charge is 0.0741 e. The third kappa shape index (κ3) is 4.21. The van der Waals surface area contributed by atoms with Crippen molar-refractivity contribution in [2.75, 3.05) is 4.90 Å². The van der Waals surface area contributed by atoms with Gasteiger partial charge in [0.2, 0.25) is 0 Å². The van der Waals surface area contributed by atoms with Gasteiger partial charge in [0.25, 0.3) is 0 Å². The van der Waals surface area contributed by atoms with Gasteiger partial charge in [0.05, 0.1) is 5.41 Å². The van der Waals surface area contributed by atoms with E-state index in [1.807, 2.05) is 11.8 Å². The lowest BCUT2D eigenvalue weighted by atomic mass is 9.66. The summed E-state index contributed by atoms with van der Waals surface area (Å²) in [5.74, 6) is 0. The number of fused-ring (bicyclic) bond motifs is 11. The molecule has 2 heteroatoms. The first-order valence-corrected chi connectivity index (χ1v) is 17.7. The standard InChI is InChI=1S/C47H31NS/c1-3-14-35(15-4-1)48(36-16-5-2-6-17-36)37-27-23-32(24-28-37)34-25-29-42-40(31-34)39-19-9-10-20-41(39)47(42)43-21-11-12-22-44(43)49-45-30-26-33-13-7-8-18-38(33)46(45)47/h1-31H. The second-order valence-corrected chi connectivity index (χ2v) is 14.0.